The number of benzene rings is 3. The lowest BCUT2D eigenvalue weighted by Crippen LogP contribution is -2.41. The van der Waals surface area contributed by atoms with Crippen LogP contribution in [0.1, 0.15) is 30.5 Å². The first-order chi connectivity index (χ1) is 17.9. The molecule has 5 N–H and O–H groups in total. The van der Waals surface area contributed by atoms with Crippen molar-refractivity contribution in [3.8, 4) is 11.1 Å². The van der Waals surface area contributed by atoms with Gasteiger partial charge in [0.2, 0.25) is 10.0 Å². The number of amides is 2. The smallest absolute Gasteiger partial charge is 0.313 e. The molecule has 10 heteroatoms. The molecule has 3 rings (SSSR count). The number of hydrogen-bond acceptors (Lipinski definition) is 5. The van der Waals surface area contributed by atoms with Crippen molar-refractivity contribution >= 4 is 33.4 Å². The second-order valence-electron chi connectivity index (χ2n) is 9.48. The summed E-state index contributed by atoms with van der Waals surface area (Å²) in [5.74, 6) is -1.34. The number of sulfonamides is 1. The fourth-order valence-electron chi connectivity index (χ4n) is 3.94. The van der Waals surface area contributed by atoms with E-state index < -0.39 is 21.8 Å². The first-order valence-electron chi connectivity index (χ1n) is 12.1. The van der Waals surface area contributed by atoms with Crippen LogP contribution >= 0.6 is 0 Å². The Morgan fingerprint density at radius 3 is 2.32 bits per heavy atom. The fourth-order valence-corrected chi connectivity index (χ4v) is 4.36. The summed E-state index contributed by atoms with van der Waals surface area (Å²) in [5.41, 5.74) is 9.88. The Morgan fingerprint density at radius 2 is 1.68 bits per heavy atom. The number of nitrogen functional groups attached to an aromatic ring is 1. The van der Waals surface area contributed by atoms with Crippen molar-refractivity contribution in [2.24, 2.45) is 11.7 Å². The molecule has 0 saturated carbocycles. The van der Waals surface area contributed by atoms with Gasteiger partial charge in [-0.2, -0.15) is 0 Å². The molecule has 0 aromatic heterocycles. The number of nitrogens with zero attached hydrogens (tertiary/aromatic N) is 1. The van der Waals surface area contributed by atoms with Crippen molar-refractivity contribution in [1.29, 1.82) is 5.41 Å². The van der Waals surface area contributed by atoms with Gasteiger partial charge in [-0.15, -0.1) is 0 Å². The summed E-state index contributed by atoms with van der Waals surface area (Å²) < 4.78 is 25.5. The summed E-state index contributed by atoms with van der Waals surface area (Å²) in [6, 6.07) is 21.5. The van der Waals surface area contributed by atoms with Gasteiger partial charge in [-0.1, -0.05) is 68.4 Å². The first-order valence-corrected chi connectivity index (χ1v) is 14.0. The van der Waals surface area contributed by atoms with Crippen LogP contribution in [0.3, 0.4) is 0 Å². The predicted molar refractivity (Wildman–Crippen MR) is 150 cm³/mol. The zero-order valence-corrected chi connectivity index (χ0v) is 22.5. The van der Waals surface area contributed by atoms with Crippen LogP contribution < -0.4 is 15.8 Å². The molecule has 0 unspecified atom stereocenters. The normalized spacial score (nSPS) is 11.3. The average Bonchev–Trinajstić information content (AvgIpc) is 2.86. The zero-order valence-electron chi connectivity index (χ0n) is 21.7. The molecule has 0 heterocycles. The van der Waals surface area contributed by atoms with E-state index in [1.807, 2.05) is 44.2 Å². The summed E-state index contributed by atoms with van der Waals surface area (Å²) in [5, 5.41) is 10.3. The van der Waals surface area contributed by atoms with E-state index in [0.29, 0.717) is 17.8 Å². The standard InChI is InChI=1S/C28H33N5O4S/c1-19(2)17-33(18-20-7-6-9-22(15-20)26(29)30)28(35)27(34)32-24-13-11-21(12-14-24)25-10-5-4-8-23(25)16-31-38(3,36)37/h4-15,19,31H,16-18H2,1-3H3,(H3,29,30)(H,32,34). The zero-order chi connectivity index (χ0) is 27.9. The molecule has 0 aliphatic rings. The van der Waals surface area contributed by atoms with Crippen LogP contribution in [0.25, 0.3) is 11.1 Å². The highest BCUT2D eigenvalue weighted by Gasteiger charge is 2.23. The lowest BCUT2D eigenvalue weighted by atomic mass is 9.99. The van der Waals surface area contributed by atoms with Crippen LogP contribution in [0.15, 0.2) is 72.8 Å². The molecule has 9 nitrogen and oxygen atoms in total. The number of amidine groups is 1. The van der Waals surface area contributed by atoms with Gasteiger partial charge < -0.3 is 16.0 Å². The molecular weight excluding hydrogens is 502 g/mol. The molecule has 3 aromatic carbocycles. The number of carbonyl (C=O) groups excluding carboxylic acids is 2. The minimum Gasteiger partial charge on any atom is -0.384 e. The van der Waals surface area contributed by atoms with Crippen molar-refractivity contribution in [2.45, 2.75) is 26.9 Å². The SMILES string of the molecule is CC(C)CN(Cc1cccc(C(=N)N)c1)C(=O)C(=O)Nc1ccc(-c2ccccc2CNS(C)(=O)=O)cc1. The topological polar surface area (TPSA) is 145 Å². The highest BCUT2D eigenvalue weighted by Crippen LogP contribution is 2.25. The average molecular weight is 536 g/mol. The minimum atomic E-state index is -3.34. The van der Waals surface area contributed by atoms with Crippen molar-refractivity contribution in [3.63, 3.8) is 0 Å². The minimum absolute atomic E-state index is 0.0657. The molecule has 2 amide bonds. The number of rotatable bonds is 10. The quantitative estimate of drug-likeness (QED) is 0.179. The number of nitrogens with one attached hydrogen (secondary N) is 3. The third-order valence-electron chi connectivity index (χ3n) is 5.67. The lowest BCUT2D eigenvalue weighted by molar-refractivity contribution is -0.143. The Labute approximate surface area is 223 Å². The number of hydrogen-bond donors (Lipinski definition) is 4. The predicted octanol–water partition coefficient (Wildman–Crippen LogP) is 3.31. The summed E-state index contributed by atoms with van der Waals surface area (Å²) in [6.45, 7) is 4.68. The Hall–Kier alpha value is -4.02. The molecular formula is C28H33N5O4S. The third kappa shape index (κ3) is 8.25. The van der Waals surface area contributed by atoms with E-state index in [0.717, 1.165) is 28.5 Å². The second-order valence-corrected chi connectivity index (χ2v) is 11.3. The largest absolute Gasteiger partial charge is 0.384 e. The van der Waals surface area contributed by atoms with Crippen LogP contribution in [0.2, 0.25) is 0 Å². The van der Waals surface area contributed by atoms with E-state index in [-0.39, 0.29) is 24.8 Å². The molecule has 0 radical (unpaired) electrons. The molecule has 0 spiro atoms. The van der Waals surface area contributed by atoms with E-state index in [1.165, 1.54) is 4.90 Å². The first kappa shape index (κ1) is 28.5. The van der Waals surface area contributed by atoms with Crippen LogP contribution in [-0.4, -0.2) is 43.8 Å². The van der Waals surface area contributed by atoms with E-state index in [4.69, 9.17) is 11.1 Å². The van der Waals surface area contributed by atoms with E-state index in [2.05, 4.69) is 10.0 Å². The molecule has 0 fully saturated rings. The molecule has 0 saturated heterocycles. The molecule has 0 atom stereocenters. The van der Waals surface area contributed by atoms with E-state index in [1.54, 1.807) is 42.5 Å². The maximum absolute atomic E-state index is 13.1. The van der Waals surface area contributed by atoms with Crippen molar-refractivity contribution in [1.82, 2.24) is 9.62 Å². The molecule has 0 aliphatic heterocycles. The number of carbonyl (C=O) groups is 2. The molecule has 200 valence electrons. The Balaban J connectivity index is 1.73. The van der Waals surface area contributed by atoms with Gasteiger partial charge in [-0.25, -0.2) is 13.1 Å². The summed E-state index contributed by atoms with van der Waals surface area (Å²) in [6.07, 6.45) is 1.11. The third-order valence-corrected chi connectivity index (χ3v) is 6.34. The molecule has 3 aromatic rings. The van der Waals surface area contributed by atoms with Crippen LogP contribution in [-0.2, 0) is 32.7 Å². The molecule has 38 heavy (non-hydrogen) atoms. The number of nitrogens with two attached hydrogens (primary N) is 1. The lowest BCUT2D eigenvalue weighted by Gasteiger charge is -2.24. The Kier molecular flexibility index (Phi) is 9.38. The highest BCUT2D eigenvalue weighted by molar-refractivity contribution is 7.88. The van der Waals surface area contributed by atoms with Crippen LogP contribution in [0.5, 0.6) is 0 Å². The van der Waals surface area contributed by atoms with Gasteiger partial charge >= 0.3 is 11.8 Å². The maximum Gasteiger partial charge on any atom is 0.313 e. The summed E-state index contributed by atoms with van der Waals surface area (Å²) >= 11 is 0. The van der Waals surface area contributed by atoms with Crippen molar-refractivity contribution < 1.29 is 18.0 Å². The van der Waals surface area contributed by atoms with Crippen molar-refractivity contribution in [3.05, 3.63) is 89.5 Å². The molecule has 0 bridgehead atoms. The van der Waals surface area contributed by atoms with Gasteiger partial charge in [0.15, 0.2) is 0 Å². The maximum atomic E-state index is 13.1. The fraction of sp³-hybridized carbons (Fsp3) is 0.250. The monoisotopic (exact) mass is 535 g/mol. The summed E-state index contributed by atoms with van der Waals surface area (Å²) in [4.78, 5) is 27.4. The highest BCUT2D eigenvalue weighted by atomic mass is 32.2. The van der Waals surface area contributed by atoms with Gasteiger partial charge in [0.1, 0.15) is 5.84 Å². The second kappa shape index (κ2) is 12.5. The molecule has 0 aliphatic carbocycles. The van der Waals surface area contributed by atoms with Gasteiger partial charge in [0.25, 0.3) is 0 Å². The Morgan fingerprint density at radius 1 is 1.00 bits per heavy atom. The van der Waals surface area contributed by atoms with Gasteiger partial charge in [0.05, 0.1) is 6.26 Å². The van der Waals surface area contributed by atoms with E-state index in [9.17, 15) is 18.0 Å². The van der Waals surface area contributed by atoms with Gasteiger partial charge in [-0.3, -0.25) is 15.0 Å². The van der Waals surface area contributed by atoms with Gasteiger partial charge in [0, 0.05) is 30.9 Å². The Bertz CT molecular complexity index is 1420. The van der Waals surface area contributed by atoms with Crippen LogP contribution in [0, 0.1) is 11.3 Å². The van der Waals surface area contributed by atoms with Gasteiger partial charge in [-0.05, 0) is 46.4 Å². The van der Waals surface area contributed by atoms with E-state index >= 15 is 0 Å². The summed E-state index contributed by atoms with van der Waals surface area (Å²) in [7, 11) is -3.34. The van der Waals surface area contributed by atoms with Crippen molar-refractivity contribution in [2.75, 3.05) is 18.1 Å². The van der Waals surface area contributed by atoms with Crippen LogP contribution in [0.4, 0.5) is 5.69 Å². The number of anilines is 1.